The van der Waals surface area contributed by atoms with Crippen LogP contribution in [0.25, 0.3) is 0 Å². The van der Waals surface area contributed by atoms with Crippen LogP contribution in [0.5, 0.6) is 0 Å². The second kappa shape index (κ2) is 7.92. The van der Waals surface area contributed by atoms with Gasteiger partial charge in [-0.2, -0.15) is 0 Å². The molecule has 0 spiro atoms. The Kier molecular flexibility index (Phi) is 5.60. The Morgan fingerprint density at radius 3 is 2.15 bits per heavy atom. The lowest BCUT2D eigenvalue weighted by atomic mass is 10.1. The third-order valence-corrected chi connectivity index (χ3v) is 6.35. The lowest BCUT2D eigenvalue weighted by Crippen LogP contribution is -2.50. The minimum Gasteiger partial charge on any atom is -0.339 e. The van der Waals surface area contributed by atoms with Crippen LogP contribution in [-0.2, 0) is 20.4 Å². The molecule has 27 heavy (non-hydrogen) atoms. The first-order valence-corrected chi connectivity index (χ1v) is 10.4. The molecule has 0 bridgehead atoms. The van der Waals surface area contributed by atoms with Crippen LogP contribution in [-0.4, -0.2) is 56.2 Å². The highest BCUT2D eigenvalue weighted by Crippen LogP contribution is 2.18. The van der Waals surface area contributed by atoms with Gasteiger partial charge in [-0.25, -0.2) is 8.42 Å². The Morgan fingerprint density at radius 2 is 1.52 bits per heavy atom. The topological polar surface area (TPSA) is 74.8 Å². The summed E-state index contributed by atoms with van der Waals surface area (Å²) in [5, 5.41) is 0. The number of hydrogen-bond acceptors (Lipinski definition) is 4. The Hall–Kier alpha value is -2.67. The van der Waals surface area contributed by atoms with E-state index >= 15 is 0 Å². The van der Waals surface area contributed by atoms with Crippen LogP contribution in [0.4, 0.5) is 0 Å². The maximum Gasteiger partial charge on any atom is 0.253 e. The van der Waals surface area contributed by atoms with E-state index in [9.17, 15) is 18.0 Å². The quantitative estimate of drug-likeness (QED) is 0.805. The maximum atomic E-state index is 12.7. The van der Waals surface area contributed by atoms with Crippen LogP contribution in [0.2, 0.25) is 0 Å². The molecule has 2 aromatic carbocycles. The van der Waals surface area contributed by atoms with E-state index in [4.69, 9.17) is 0 Å². The molecule has 3 rings (SSSR count). The van der Waals surface area contributed by atoms with Gasteiger partial charge in [0.15, 0.2) is 9.84 Å². The average molecular weight is 386 g/mol. The highest BCUT2D eigenvalue weighted by Gasteiger charge is 2.24. The minimum atomic E-state index is -3.47. The Labute approximate surface area is 159 Å². The molecule has 1 fully saturated rings. The van der Waals surface area contributed by atoms with Crippen molar-refractivity contribution in [3.63, 3.8) is 0 Å². The Morgan fingerprint density at radius 1 is 0.889 bits per heavy atom. The van der Waals surface area contributed by atoms with Crippen molar-refractivity contribution >= 4 is 21.7 Å². The zero-order chi connectivity index (χ0) is 19.4. The van der Waals surface area contributed by atoms with Gasteiger partial charge in [0, 0.05) is 38.7 Å². The second-order valence-corrected chi connectivity index (χ2v) is 8.56. The lowest BCUT2D eigenvalue weighted by molar-refractivity contribution is -0.130. The van der Waals surface area contributed by atoms with Crippen molar-refractivity contribution in [3.8, 4) is 0 Å². The molecule has 1 heterocycles. The normalized spacial score (nSPS) is 14.9. The van der Waals surface area contributed by atoms with Gasteiger partial charge in [-0.15, -0.1) is 0 Å². The third-order valence-electron chi connectivity index (χ3n) is 4.65. The zero-order valence-electron chi connectivity index (χ0n) is 15.2. The highest BCUT2D eigenvalue weighted by molar-refractivity contribution is 7.90. The summed E-state index contributed by atoms with van der Waals surface area (Å²) in [6.07, 6.45) is 0. The average Bonchev–Trinajstić information content (AvgIpc) is 2.68. The number of hydrogen-bond donors (Lipinski definition) is 0. The van der Waals surface area contributed by atoms with Gasteiger partial charge in [0.05, 0.1) is 10.6 Å². The minimum absolute atomic E-state index is 0.00946. The molecule has 0 N–H and O–H groups in total. The Bertz CT molecular complexity index is 933. The number of sulfone groups is 1. The van der Waals surface area contributed by atoms with Crippen molar-refractivity contribution in [1.82, 2.24) is 9.80 Å². The lowest BCUT2D eigenvalue weighted by Gasteiger charge is -2.34. The molecule has 0 unspecified atom stereocenters. The predicted octanol–water partition coefficient (Wildman–Crippen LogP) is 1.96. The van der Waals surface area contributed by atoms with E-state index in [1.54, 1.807) is 64.4 Å². The number of piperazine rings is 1. The maximum absolute atomic E-state index is 12.7. The molecular formula is C20H22N2O4S. The molecule has 1 aliphatic rings. The molecule has 0 saturated carbocycles. The van der Waals surface area contributed by atoms with Crippen molar-refractivity contribution < 1.29 is 18.0 Å². The third kappa shape index (κ3) is 4.54. The number of rotatable bonds is 4. The van der Waals surface area contributed by atoms with E-state index < -0.39 is 9.84 Å². The monoisotopic (exact) mass is 386 g/mol. The van der Waals surface area contributed by atoms with Gasteiger partial charge >= 0.3 is 0 Å². The summed E-state index contributed by atoms with van der Waals surface area (Å²) in [4.78, 5) is 27.8. The molecule has 0 aliphatic carbocycles. The first-order valence-electron chi connectivity index (χ1n) is 8.78. The van der Waals surface area contributed by atoms with Crippen molar-refractivity contribution in [1.29, 1.82) is 0 Å². The zero-order valence-corrected chi connectivity index (χ0v) is 16.0. The SMILES string of the molecule is CC(=O)N1CCN(C(=O)c2cccc(CS(=O)(=O)c3ccccc3)c2)CC1. The number of carbonyl (C=O) groups excluding carboxylic acids is 2. The number of benzene rings is 2. The second-order valence-electron chi connectivity index (χ2n) is 6.57. The van der Waals surface area contributed by atoms with E-state index in [1.807, 2.05) is 0 Å². The summed E-state index contributed by atoms with van der Waals surface area (Å²) >= 11 is 0. The van der Waals surface area contributed by atoms with Crippen molar-refractivity contribution in [2.45, 2.75) is 17.6 Å². The van der Waals surface area contributed by atoms with Crippen molar-refractivity contribution in [3.05, 3.63) is 65.7 Å². The van der Waals surface area contributed by atoms with Crippen LogP contribution in [0.3, 0.4) is 0 Å². The van der Waals surface area contributed by atoms with E-state index in [-0.39, 0.29) is 22.5 Å². The molecule has 1 saturated heterocycles. The van der Waals surface area contributed by atoms with Crippen LogP contribution in [0.1, 0.15) is 22.8 Å². The fourth-order valence-corrected chi connectivity index (χ4v) is 4.49. The molecule has 1 aliphatic heterocycles. The van der Waals surface area contributed by atoms with Gasteiger partial charge in [-0.05, 0) is 29.8 Å². The Balaban J connectivity index is 1.72. The standard InChI is InChI=1S/C20H22N2O4S/c1-16(23)21-10-12-22(13-11-21)20(24)18-7-5-6-17(14-18)15-27(25,26)19-8-3-2-4-9-19/h2-9,14H,10-13,15H2,1H3. The molecule has 0 aromatic heterocycles. The van der Waals surface area contributed by atoms with Crippen LogP contribution < -0.4 is 0 Å². The van der Waals surface area contributed by atoms with E-state index in [0.717, 1.165) is 0 Å². The molecule has 7 heteroatoms. The van der Waals surface area contributed by atoms with Gasteiger partial charge in [0.2, 0.25) is 5.91 Å². The fourth-order valence-electron chi connectivity index (χ4n) is 3.13. The van der Waals surface area contributed by atoms with E-state index in [0.29, 0.717) is 37.3 Å². The molecule has 0 atom stereocenters. The number of carbonyl (C=O) groups is 2. The summed E-state index contributed by atoms with van der Waals surface area (Å²) in [6.45, 7) is 3.51. The fraction of sp³-hybridized carbons (Fsp3) is 0.300. The largest absolute Gasteiger partial charge is 0.339 e. The summed E-state index contributed by atoms with van der Waals surface area (Å²) < 4.78 is 25.1. The molecule has 142 valence electrons. The van der Waals surface area contributed by atoms with Gasteiger partial charge in [-0.1, -0.05) is 30.3 Å². The molecule has 0 radical (unpaired) electrons. The van der Waals surface area contributed by atoms with Crippen LogP contribution >= 0.6 is 0 Å². The summed E-state index contributed by atoms with van der Waals surface area (Å²) in [5.74, 6) is -0.289. The molecular weight excluding hydrogens is 364 g/mol. The first kappa shape index (κ1) is 19.1. The van der Waals surface area contributed by atoms with Gasteiger partial charge < -0.3 is 9.80 Å². The van der Waals surface area contributed by atoms with Crippen molar-refractivity contribution in [2.24, 2.45) is 0 Å². The van der Waals surface area contributed by atoms with Crippen LogP contribution in [0, 0.1) is 0 Å². The van der Waals surface area contributed by atoms with Gasteiger partial charge in [0.1, 0.15) is 0 Å². The smallest absolute Gasteiger partial charge is 0.253 e. The van der Waals surface area contributed by atoms with Crippen molar-refractivity contribution in [2.75, 3.05) is 26.2 Å². The first-order chi connectivity index (χ1) is 12.9. The predicted molar refractivity (Wildman–Crippen MR) is 102 cm³/mol. The molecule has 2 amide bonds. The molecule has 2 aromatic rings. The van der Waals surface area contributed by atoms with E-state index in [1.165, 1.54) is 6.92 Å². The summed E-state index contributed by atoms with van der Waals surface area (Å²) in [7, 11) is -3.47. The summed E-state index contributed by atoms with van der Waals surface area (Å²) in [6, 6.07) is 15.0. The molecule has 6 nitrogen and oxygen atoms in total. The number of amides is 2. The highest BCUT2D eigenvalue weighted by atomic mass is 32.2. The number of nitrogens with zero attached hydrogens (tertiary/aromatic N) is 2. The van der Waals surface area contributed by atoms with Gasteiger partial charge in [-0.3, -0.25) is 9.59 Å². The summed E-state index contributed by atoms with van der Waals surface area (Å²) in [5.41, 5.74) is 1.04. The van der Waals surface area contributed by atoms with Gasteiger partial charge in [0.25, 0.3) is 5.91 Å². The van der Waals surface area contributed by atoms with Crippen LogP contribution in [0.15, 0.2) is 59.5 Å². The van der Waals surface area contributed by atoms with E-state index in [2.05, 4.69) is 0 Å².